The zero-order valence-electron chi connectivity index (χ0n) is 10.0. The highest BCUT2D eigenvalue weighted by Crippen LogP contribution is 2.33. The van der Waals surface area contributed by atoms with Gasteiger partial charge in [0.05, 0.1) is 5.69 Å². The van der Waals surface area contributed by atoms with Gasteiger partial charge in [0.2, 0.25) is 0 Å². The van der Waals surface area contributed by atoms with Crippen LogP contribution >= 0.6 is 11.6 Å². The number of rotatable bonds is 5. The Balaban J connectivity index is 1.89. The first-order valence-electron chi connectivity index (χ1n) is 6.00. The fourth-order valence-electron chi connectivity index (χ4n) is 2.00. The summed E-state index contributed by atoms with van der Waals surface area (Å²) < 4.78 is 1.99. The fraction of sp³-hybridized carbons (Fsp3) is 0.750. The van der Waals surface area contributed by atoms with Crippen molar-refractivity contribution in [1.29, 1.82) is 0 Å². The number of nitrogens with zero attached hydrogens (tertiary/aromatic N) is 2. The van der Waals surface area contributed by atoms with Gasteiger partial charge in [-0.25, -0.2) is 0 Å². The molecule has 0 aliphatic heterocycles. The van der Waals surface area contributed by atoms with Crippen molar-refractivity contribution < 1.29 is 0 Å². The van der Waals surface area contributed by atoms with E-state index in [1.807, 2.05) is 10.9 Å². The number of halogens is 1. The molecule has 90 valence electrons. The summed E-state index contributed by atoms with van der Waals surface area (Å²) in [7, 11) is 0. The molecule has 0 spiro atoms. The van der Waals surface area contributed by atoms with Gasteiger partial charge in [-0.1, -0.05) is 0 Å². The third-order valence-electron chi connectivity index (χ3n) is 3.40. The van der Waals surface area contributed by atoms with E-state index in [1.165, 1.54) is 19.3 Å². The van der Waals surface area contributed by atoms with E-state index in [1.54, 1.807) is 0 Å². The van der Waals surface area contributed by atoms with Crippen LogP contribution in [0.25, 0.3) is 0 Å². The van der Waals surface area contributed by atoms with Crippen molar-refractivity contribution in [3.05, 3.63) is 18.0 Å². The number of aromatic nitrogens is 2. The summed E-state index contributed by atoms with van der Waals surface area (Å²) in [4.78, 5) is 0. The van der Waals surface area contributed by atoms with E-state index in [-0.39, 0.29) is 5.54 Å². The number of nitrogens with one attached hydrogen (secondary N) is 1. The predicted molar refractivity (Wildman–Crippen MR) is 66.8 cm³/mol. The Bertz CT molecular complexity index is 336. The third-order valence-corrected chi connectivity index (χ3v) is 3.92. The molecule has 0 unspecified atom stereocenters. The van der Waals surface area contributed by atoms with Gasteiger partial charge in [-0.15, -0.1) is 11.6 Å². The van der Waals surface area contributed by atoms with Crippen molar-refractivity contribution in [2.24, 2.45) is 0 Å². The molecule has 0 amide bonds. The molecule has 2 rings (SSSR count). The Morgan fingerprint density at radius 3 is 2.75 bits per heavy atom. The lowest BCUT2D eigenvalue weighted by molar-refractivity contribution is 0.210. The van der Waals surface area contributed by atoms with E-state index in [0.717, 1.165) is 12.2 Å². The average molecular weight is 242 g/mol. The van der Waals surface area contributed by atoms with Crippen molar-refractivity contribution in [1.82, 2.24) is 15.1 Å². The monoisotopic (exact) mass is 241 g/mol. The first-order valence-corrected chi connectivity index (χ1v) is 6.54. The molecule has 1 fully saturated rings. The average Bonchev–Trinajstić information content (AvgIpc) is 2.65. The van der Waals surface area contributed by atoms with Gasteiger partial charge in [0.25, 0.3) is 0 Å². The van der Waals surface area contributed by atoms with Gasteiger partial charge in [-0.3, -0.25) is 4.68 Å². The van der Waals surface area contributed by atoms with E-state index < -0.39 is 0 Å². The minimum atomic E-state index is 0.184. The van der Waals surface area contributed by atoms with Crippen LogP contribution in [0.3, 0.4) is 0 Å². The first-order chi connectivity index (χ1) is 7.65. The van der Waals surface area contributed by atoms with E-state index in [0.29, 0.717) is 11.9 Å². The summed E-state index contributed by atoms with van der Waals surface area (Å²) in [6.07, 6.45) is 5.72. The minimum Gasteiger partial charge on any atom is -0.304 e. The lowest BCUT2D eigenvalue weighted by atomic mass is 9.78. The predicted octanol–water partition coefficient (Wildman–Crippen LogP) is 2.72. The molecular formula is C12H20ClN3. The maximum absolute atomic E-state index is 5.99. The maximum atomic E-state index is 5.99. The van der Waals surface area contributed by atoms with Crippen molar-refractivity contribution in [2.45, 2.75) is 51.2 Å². The summed E-state index contributed by atoms with van der Waals surface area (Å²) in [6, 6.07) is 2.51. The highest BCUT2D eigenvalue weighted by atomic mass is 35.5. The Kier molecular flexibility index (Phi) is 3.55. The largest absolute Gasteiger partial charge is 0.304 e. The molecule has 1 N–H and O–H groups in total. The molecule has 3 nitrogen and oxygen atoms in total. The first kappa shape index (κ1) is 11.9. The number of alkyl halides is 1. The quantitative estimate of drug-likeness (QED) is 0.804. The van der Waals surface area contributed by atoms with E-state index >= 15 is 0 Å². The number of hydrogen-bond acceptors (Lipinski definition) is 2. The SMILES string of the molecule is CC(C)n1ccc(CNC2(CCl)CCC2)n1. The van der Waals surface area contributed by atoms with E-state index in [2.05, 4.69) is 30.3 Å². The van der Waals surface area contributed by atoms with Crippen molar-refractivity contribution in [3.8, 4) is 0 Å². The molecule has 16 heavy (non-hydrogen) atoms. The van der Waals surface area contributed by atoms with Gasteiger partial charge >= 0.3 is 0 Å². The van der Waals surface area contributed by atoms with Crippen LogP contribution in [0.2, 0.25) is 0 Å². The maximum Gasteiger partial charge on any atom is 0.0762 e. The highest BCUT2D eigenvalue weighted by molar-refractivity contribution is 6.18. The van der Waals surface area contributed by atoms with Crippen LogP contribution in [0.15, 0.2) is 12.3 Å². The van der Waals surface area contributed by atoms with Gasteiger partial charge in [0.15, 0.2) is 0 Å². The van der Waals surface area contributed by atoms with Gasteiger partial charge in [0, 0.05) is 30.2 Å². The molecule has 1 aliphatic rings. The van der Waals surface area contributed by atoms with Crippen LogP contribution in [-0.2, 0) is 6.54 Å². The second-order valence-corrected chi connectivity index (χ2v) is 5.27. The van der Waals surface area contributed by atoms with Gasteiger partial charge in [-0.05, 0) is 39.2 Å². The van der Waals surface area contributed by atoms with E-state index in [9.17, 15) is 0 Å². The number of hydrogen-bond donors (Lipinski definition) is 1. The second kappa shape index (κ2) is 4.76. The van der Waals surface area contributed by atoms with E-state index in [4.69, 9.17) is 11.6 Å². The van der Waals surface area contributed by atoms with Crippen LogP contribution in [-0.4, -0.2) is 21.2 Å². The molecule has 0 aromatic carbocycles. The van der Waals surface area contributed by atoms with Gasteiger partial charge in [0.1, 0.15) is 0 Å². The summed E-state index contributed by atoms with van der Waals surface area (Å²) in [5.74, 6) is 0.706. The normalized spacial score (nSPS) is 18.8. The Morgan fingerprint density at radius 1 is 1.56 bits per heavy atom. The molecule has 1 saturated carbocycles. The lowest BCUT2D eigenvalue weighted by Gasteiger charge is -2.41. The Morgan fingerprint density at radius 2 is 2.31 bits per heavy atom. The van der Waals surface area contributed by atoms with Crippen LogP contribution in [0, 0.1) is 0 Å². The van der Waals surface area contributed by atoms with Gasteiger partial charge < -0.3 is 5.32 Å². The summed E-state index contributed by atoms with van der Waals surface area (Å²) in [6.45, 7) is 5.10. The Hall–Kier alpha value is -0.540. The molecular weight excluding hydrogens is 222 g/mol. The Labute approximate surface area is 102 Å². The molecule has 1 heterocycles. The van der Waals surface area contributed by atoms with Gasteiger partial charge in [-0.2, -0.15) is 5.10 Å². The standard InChI is InChI=1S/C12H20ClN3/c1-10(2)16-7-4-11(15-16)8-14-12(9-13)5-3-6-12/h4,7,10,14H,3,5-6,8-9H2,1-2H3. The second-order valence-electron chi connectivity index (χ2n) is 5.00. The minimum absolute atomic E-state index is 0.184. The molecule has 1 aromatic rings. The summed E-state index contributed by atoms with van der Waals surface area (Å²) in [5, 5.41) is 8.06. The van der Waals surface area contributed by atoms with Crippen molar-refractivity contribution >= 4 is 11.6 Å². The van der Waals surface area contributed by atoms with Crippen LogP contribution < -0.4 is 5.32 Å². The molecule has 0 atom stereocenters. The molecule has 0 bridgehead atoms. The van der Waals surface area contributed by atoms with Crippen molar-refractivity contribution in [3.63, 3.8) is 0 Å². The third kappa shape index (κ3) is 2.41. The molecule has 0 radical (unpaired) electrons. The van der Waals surface area contributed by atoms with Crippen LogP contribution in [0.4, 0.5) is 0 Å². The molecule has 0 saturated heterocycles. The lowest BCUT2D eigenvalue weighted by Crippen LogP contribution is -2.52. The molecule has 1 aliphatic carbocycles. The topological polar surface area (TPSA) is 29.9 Å². The summed E-state index contributed by atoms with van der Waals surface area (Å²) in [5.41, 5.74) is 1.29. The van der Waals surface area contributed by atoms with Crippen molar-refractivity contribution in [2.75, 3.05) is 5.88 Å². The zero-order chi connectivity index (χ0) is 11.6. The molecule has 4 heteroatoms. The highest BCUT2D eigenvalue weighted by Gasteiger charge is 2.35. The smallest absolute Gasteiger partial charge is 0.0762 e. The van der Waals surface area contributed by atoms with Crippen LogP contribution in [0.5, 0.6) is 0 Å². The summed E-state index contributed by atoms with van der Waals surface area (Å²) >= 11 is 5.99. The molecule has 1 aromatic heterocycles. The van der Waals surface area contributed by atoms with Crippen LogP contribution in [0.1, 0.15) is 44.8 Å². The zero-order valence-corrected chi connectivity index (χ0v) is 10.8. The fourth-order valence-corrected chi connectivity index (χ4v) is 2.36.